The fraction of sp³-hybridized carbons (Fsp3) is 0.100. The summed E-state index contributed by atoms with van der Waals surface area (Å²) >= 11 is 0. The van der Waals surface area contributed by atoms with Gasteiger partial charge in [0.1, 0.15) is 0 Å². The van der Waals surface area contributed by atoms with E-state index in [0.717, 1.165) is 11.1 Å². The van der Waals surface area contributed by atoms with Crippen molar-refractivity contribution < 1.29 is 4.79 Å². The average molecular weight is 445 g/mol. The maximum atomic E-state index is 12.5. The van der Waals surface area contributed by atoms with Crippen LogP contribution in [0.4, 0.5) is 0 Å². The summed E-state index contributed by atoms with van der Waals surface area (Å²) in [6.07, 6.45) is 4.47. The van der Waals surface area contributed by atoms with Crippen molar-refractivity contribution in [3.05, 3.63) is 130 Å². The molecule has 0 spiro atoms. The third kappa shape index (κ3) is 3.75. The highest BCUT2D eigenvalue weighted by Gasteiger charge is 2.31. The maximum absolute atomic E-state index is 12.5. The van der Waals surface area contributed by atoms with Crippen LogP contribution in [0.3, 0.4) is 0 Å². The standard InChI is InChI=1S/C30H26NOSi/c1-20-19-27(33(23-12-5-3-6-13-23)24-14-7-4-8-15-24)29(21(2)28(20)30(31)32)26-18-17-22-11-9-10-16-25(22)26/h3-19,26H,1-2H3,(H2,31,32). The van der Waals surface area contributed by atoms with Crippen LogP contribution < -0.4 is 21.3 Å². The van der Waals surface area contributed by atoms with Gasteiger partial charge in [-0.15, -0.1) is 0 Å². The molecule has 0 saturated carbocycles. The topological polar surface area (TPSA) is 43.1 Å². The molecule has 4 aromatic carbocycles. The van der Waals surface area contributed by atoms with Crippen LogP contribution in [0.1, 0.15) is 44.1 Å². The third-order valence-corrected chi connectivity index (χ3v) is 9.35. The van der Waals surface area contributed by atoms with Crippen LogP contribution in [-0.4, -0.2) is 14.7 Å². The van der Waals surface area contributed by atoms with Gasteiger partial charge in [-0.05, 0) is 46.9 Å². The SMILES string of the molecule is Cc1cc([Si](c2ccccc2)c2ccccc2)c(C2C=Cc3ccccc32)c(C)c1C(N)=O. The molecule has 1 aliphatic rings. The number of allylic oxidation sites excluding steroid dienone is 1. The molecular weight excluding hydrogens is 418 g/mol. The molecule has 0 bridgehead atoms. The van der Waals surface area contributed by atoms with Gasteiger partial charge >= 0.3 is 0 Å². The van der Waals surface area contributed by atoms with Crippen molar-refractivity contribution in [1.29, 1.82) is 0 Å². The Morgan fingerprint density at radius 1 is 0.818 bits per heavy atom. The van der Waals surface area contributed by atoms with Crippen molar-refractivity contribution in [3.8, 4) is 0 Å². The van der Waals surface area contributed by atoms with Crippen LogP contribution in [0.2, 0.25) is 0 Å². The van der Waals surface area contributed by atoms with Gasteiger partial charge in [-0.1, -0.05) is 114 Å². The molecule has 2 N–H and O–H groups in total. The average Bonchev–Trinajstić information content (AvgIpc) is 3.24. The minimum absolute atomic E-state index is 0.0994. The number of carbonyl (C=O) groups is 1. The third-order valence-electron chi connectivity index (χ3n) is 6.58. The van der Waals surface area contributed by atoms with Crippen molar-refractivity contribution >= 4 is 36.3 Å². The molecule has 0 heterocycles. The maximum Gasteiger partial charge on any atom is 0.249 e. The first-order valence-corrected chi connectivity index (χ1v) is 12.8. The minimum Gasteiger partial charge on any atom is -0.366 e. The molecular formula is C30H26NOSi. The largest absolute Gasteiger partial charge is 0.366 e. The van der Waals surface area contributed by atoms with E-state index in [1.165, 1.54) is 32.3 Å². The van der Waals surface area contributed by atoms with Crippen molar-refractivity contribution in [3.63, 3.8) is 0 Å². The first-order chi connectivity index (χ1) is 16.1. The molecule has 0 aromatic heterocycles. The van der Waals surface area contributed by atoms with Gasteiger partial charge in [0.15, 0.2) is 8.80 Å². The molecule has 0 fully saturated rings. The van der Waals surface area contributed by atoms with Crippen LogP contribution in [0, 0.1) is 13.8 Å². The van der Waals surface area contributed by atoms with Gasteiger partial charge in [0, 0.05) is 11.5 Å². The van der Waals surface area contributed by atoms with Crippen LogP contribution >= 0.6 is 0 Å². The Kier molecular flexibility index (Phi) is 5.57. The summed E-state index contributed by atoms with van der Waals surface area (Å²) in [6.45, 7) is 4.07. The molecule has 1 aliphatic carbocycles. The highest BCUT2D eigenvalue weighted by Crippen LogP contribution is 2.37. The number of hydrogen-bond donors (Lipinski definition) is 1. The monoisotopic (exact) mass is 444 g/mol. The van der Waals surface area contributed by atoms with E-state index in [0.29, 0.717) is 5.56 Å². The highest BCUT2D eigenvalue weighted by atomic mass is 28.3. The van der Waals surface area contributed by atoms with Crippen molar-refractivity contribution in [1.82, 2.24) is 0 Å². The molecule has 1 unspecified atom stereocenters. The number of primary amides is 1. The first-order valence-electron chi connectivity index (χ1n) is 11.3. The summed E-state index contributed by atoms with van der Waals surface area (Å²) in [5, 5.41) is 3.98. The molecule has 0 aliphatic heterocycles. The molecule has 1 amide bonds. The summed E-state index contributed by atoms with van der Waals surface area (Å²) in [5.41, 5.74) is 12.2. The van der Waals surface area contributed by atoms with Gasteiger partial charge in [0.25, 0.3) is 0 Å². The van der Waals surface area contributed by atoms with E-state index in [-0.39, 0.29) is 11.8 Å². The van der Waals surface area contributed by atoms with Gasteiger partial charge in [-0.3, -0.25) is 4.79 Å². The summed E-state index contributed by atoms with van der Waals surface area (Å²) in [5.74, 6) is -0.261. The van der Waals surface area contributed by atoms with Gasteiger partial charge in [0.2, 0.25) is 5.91 Å². The summed E-state index contributed by atoms with van der Waals surface area (Å²) in [4.78, 5) is 12.5. The molecule has 0 saturated heterocycles. The second kappa shape index (κ2) is 8.68. The Balaban J connectivity index is 1.83. The summed E-state index contributed by atoms with van der Waals surface area (Å²) < 4.78 is 0. The predicted octanol–water partition coefficient (Wildman–Crippen LogP) is 4.08. The Labute approximate surface area is 197 Å². The zero-order valence-electron chi connectivity index (χ0n) is 18.9. The summed E-state index contributed by atoms with van der Waals surface area (Å²) in [6, 6.07) is 32.3. The molecule has 3 heteroatoms. The number of aryl methyl sites for hydroxylation is 1. The lowest BCUT2D eigenvalue weighted by Crippen LogP contribution is -2.54. The molecule has 4 aromatic rings. The summed E-state index contributed by atoms with van der Waals surface area (Å²) in [7, 11) is -1.32. The van der Waals surface area contributed by atoms with E-state index in [2.05, 4.69) is 110 Å². The predicted molar refractivity (Wildman–Crippen MR) is 139 cm³/mol. The van der Waals surface area contributed by atoms with E-state index in [1.54, 1.807) is 0 Å². The van der Waals surface area contributed by atoms with Gasteiger partial charge in [0.05, 0.1) is 0 Å². The van der Waals surface area contributed by atoms with Crippen molar-refractivity contribution in [2.24, 2.45) is 5.73 Å². The van der Waals surface area contributed by atoms with Crippen LogP contribution in [0.15, 0.2) is 97.1 Å². The second-order valence-corrected chi connectivity index (χ2v) is 11.0. The molecule has 2 nitrogen and oxygen atoms in total. The van der Waals surface area contributed by atoms with Crippen LogP contribution in [0.25, 0.3) is 6.08 Å². The molecule has 1 radical (unpaired) electrons. The molecule has 33 heavy (non-hydrogen) atoms. The van der Waals surface area contributed by atoms with Gasteiger partial charge in [-0.2, -0.15) is 0 Å². The lowest BCUT2D eigenvalue weighted by Gasteiger charge is -2.27. The van der Waals surface area contributed by atoms with Crippen molar-refractivity contribution in [2.75, 3.05) is 0 Å². The molecule has 5 rings (SSSR count). The normalized spacial score (nSPS) is 14.5. The lowest BCUT2D eigenvalue weighted by molar-refractivity contribution is 0.0999. The Bertz CT molecular complexity index is 1320. The van der Waals surface area contributed by atoms with Crippen molar-refractivity contribution in [2.45, 2.75) is 19.8 Å². The Morgan fingerprint density at radius 2 is 1.39 bits per heavy atom. The van der Waals surface area contributed by atoms with E-state index < -0.39 is 8.80 Å². The number of rotatable bonds is 5. The number of carbonyl (C=O) groups excluding carboxylic acids is 1. The van der Waals surface area contributed by atoms with Crippen LogP contribution in [0.5, 0.6) is 0 Å². The van der Waals surface area contributed by atoms with Gasteiger partial charge in [-0.25, -0.2) is 0 Å². The second-order valence-electron chi connectivity index (χ2n) is 8.59. The van der Waals surface area contributed by atoms with E-state index in [9.17, 15) is 4.79 Å². The Morgan fingerprint density at radius 3 is 2.00 bits per heavy atom. The van der Waals surface area contributed by atoms with E-state index in [4.69, 9.17) is 5.73 Å². The first kappa shape index (κ1) is 21.2. The van der Waals surface area contributed by atoms with Crippen LogP contribution in [-0.2, 0) is 0 Å². The number of benzene rings is 4. The number of hydrogen-bond acceptors (Lipinski definition) is 1. The lowest BCUT2D eigenvalue weighted by atomic mass is 9.86. The minimum atomic E-state index is -1.32. The number of amides is 1. The van der Waals surface area contributed by atoms with Gasteiger partial charge < -0.3 is 5.73 Å². The quantitative estimate of drug-likeness (QED) is 0.366. The fourth-order valence-corrected chi connectivity index (χ4v) is 8.15. The zero-order chi connectivity index (χ0) is 22.9. The molecule has 161 valence electrons. The smallest absolute Gasteiger partial charge is 0.249 e. The Hall–Kier alpha value is -3.69. The van der Waals surface area contributed by atoms with E-state index >= 15 is 0 Å². The zero-order valence-corrected chi connectivity index (χ0v) is 19.9. The highest BCUT2D eigenvalue weighted by molar-refractivity contribution is 6.95. The molecule has 1 atom stereocenters. The van der Waals surface area contributed by atoms with E-state index in [1.807, 2.05) is 6.92 Å². The fourth-order valence-electron chi connectivity index (χ4n) is 5.17. The number of fused-ring (bicyclic) bond motifs is 1. The number of nitrogens with two attached hydrogens (primary N) is 1.